The summed E-state index contributed by atoms with van der Waals surface area (Å²) in [6.45, 7) is 1.75. The van der Waals surface area contributed by atoms with Crippen LogP contribution >= 0.6 is 11.3 Å². The van der Waals surface area contributed by atoms with Gasteiger partial charge in [0.25, 0.3) is 0 Å². The van der Waals surface area contributed by atoms with Crippen molar-refractivity contribution in [2.45, 2.75) is 13.1 Å². The molecule has 0 amide bonds. The average Bonchev–Trinajstić information content (AvgIpc) is 2.77. The van der Waals surface area contributed by atoms with Crippen LogP contribution in [-0.4, -0.2) is 9.55 Å². The number of nitrogens with zero attached hydrogens (tertiary/aromatic N) is 2. The van der Waals surface area contributed by atoms with E-state index in [4.69, 9.17) is 0 Å². The normalized spacial score (nSPS) is 10.6. The smallest absolute Gasteiger partial charge is 0.0795 e. The predicted octanol–water partition coefficient (Wildman–Crippen LogP) is 1.77. The Labute approximate surface area is 87.4 Å². The lowest BCUT2D eigenvalue weighted by molar-refractivity contribution is 0.681. The van der Waals surface area contributed by atoms with Crippen molar-refractivity contribution in [1.82, 2.24) is 14.9 Å². The second kappa shape index (κ2) is 4.39. The van der Waals surface area contributed by atoms with Crippen molar-refractivity contribution in [2.24, 2.45) is 7.05 Å². The number of thiazole rings is 1. The summed E-state index contributed by atoms with van der Waals surface area (Å²) in [7, 11) is 2.03. The quantitative estimate of drug-likeness (QED) is 0.828. The molecule has 2 aromatic rings. The van der Waals surface area contributed by atoms with Gasteiger partial charge in [-0.15, -0.1) is 11.3 Å². The van der Waals surface area contributed by atoms with Gasteiger partial charge in [0.2, 0.25) is 0 Å². The molecule has 0 spiro atoms. The third-order valence-electron chi connectivity index (χ3n) is 2.01. The summed E-state index contributed by atoms with van der Waals surface area (Å²) in [4.78, 5) is 4.20. The van der Waals surface area contributed by atoms with Crippen LogP contribution in [0.4, 0.5) is 0 Å². The summed E-state index contributed by atoms with van der Waals surface area (Å²) in [5.41, 5.74) is 4.29. The van der Waals surface area contributed by atoms with Crippen LogP contribution in [0.5, 0.6) is 0 Å². The fourth-order valence-electron chi connectivity index (χ4n) is 1.33. The van der Waals surface area contributed by atoms with Crippen LogP contribution in [0.25, 0.3) is 0 Å². The second-order valence-corrected chi connectivity index (χ2v) is 3.99. The molecule has 0 aliphatic rings. The summed E-state index contributed by atoms with van der Waals surface area (Å²) >= 11 is 1.63. The molecule has 0 saturated heterocycles. The fraction of sp³-hybridized carbons (Fsp3) is 0.300. The van der Waals surface area contributed by atoms with E-state index < -0.39 is 0 Å². The lowest BCUT2D eigenvalue weighted by Gasteiger charge is -1.99. The molecule has 0 saturated carbocycles. The van der Waals surface area contributed by atoms with E-state index in [-0.39, 0.29) is 0 Å². The third-order valence-corrected chi connectivity index (χ3v) is 2.65. The number of rotatable bonds is 4. The standard InChI is InChI=1S/C10H13N3S/c1-13-3-2-9(6-13)4-11-5-10-7-14-8-12-10/h2-3,6-8,11H,4-5H2,1H3. The van der Waals surface area contributed by atoms with E-state index >= 15 is 0 Å². The van der Waals surface area contributed by atoms with Crippen LogP contribution in [-0.2, 0) is 20.1 Å². The molecule has 1 N–H and O–H groups in total. The van der Waals surface area contributed by atoms with Crippen molar-refractivity contribution < 1.29 is 0 Å². The summed E-state index contributed by atoms with van der Waals surface area (Å²) in [6, 6.07) is 2.12. The zero-order valence-electron chi connectivity index (χ0n) is 8.10. The maximum Gasteiger partial charge on any atom is 0.0795 e. The van der Waals surface area contributed by atoms with Gasteiger partial charge in [-0.2, -0.15) is 0 Å². The lowest BCUT2D eigenvalue weighted by atomic mass is 10.3. The highest BCUT2D eigenvalue weighted by atomic mass is 32.1. The van der Waals surface area contributed by atoms with Crippen molar-refractivity contribution in [3.05, 3.63) is 40.6 Å². The van der Waals surface area contributed by atoms with Crippen LogP contribution < -0.4 is 5.32 Å². The van der Waals surface area contributed by atoms with Gasteiger partial charge < -0.3 is 9.88 Å². The molecular weight excluding hydrogens is 194 g/mol. The lowest BCUT2D eigenvalue weighted by Crippen LogP contribution is -2.12. The van der Waals surface area contributed by atoms with Gasteiger partial charge in [-0.1, -0.05) is 0 Å². The van der Waals surface area contributed by atoms with E-state index in [1.54, 1.807) is 11.3 Å². The van der Waals surface area contributed by atoms with Crippen molar-refractivity contribution >= 4 is 11.3 Å². The molecule has 0 bridgehead atoms. The molecule has 3 nitrogen and oxygen atoms in total. The van der Waals surface area contributed by atoms with Crippen molar-refractivity contribution in [3.8, 4) is 0 Å². The van der Waals surface area contributed by atoms with Crippen molar-refractivity contribution in [2.75, 3.05) is 0 Å². The highest BCUT2D eigenvalue weighted by Crippen LogP contribution is 2.02. The van der Waals surface area contributed by atoms with Gasteiger partial charge in [-0.3, -0.25) is 0 Å². The first kappa shape index (κ1) is 9.43. The molecule has 0 aliphatic carbocycles. The molecule has 4 heteroatoms. The maximum atomic E-state index is 4.20. The van der Waals surface area contributed by atoms with E-state index in [0.717, 1.165) is 18.8 Å². The summed E-state index contributed by atoms with van der Waals surface area (Å²) in [5.74, 6) is 0. The minimum absolute atomic E-state index is 0.846. The minimum Gasteiger partial charge on any atom is -0.357 e. The van der Waals surface area contributed by atoms with Crippen LogP contribution in [0.1, 0.15) is 11.3 Å². The molecule has 14 heavy (non-hydrogen) atoms. The first-order valence-corrected chi connectivity index (χ1v) is 5.47. The number of hydrogen-bond acceptors (Lipinski definition) is 3. The van der Waals surface area contributed by atoms with Gasteiger partial charge in [0.1, 0.15) is 0 Å². The molecule has 0 aliphatic heterocycles. The zero-order chi connectivity index (χ0) is 9.80. The van der Waals surface area contributed by atoms with Crippen LogP contribution in [0, 0.1) is 0 Å². The summed E-state index contributed by atoms with van der Waals surface area (Å²) < 4.78 is 2.06. The Morgan fingerprint density at radius 3 is 3.07 bits per heavy atom. The van der Waals surface area contributed by atoms with Crippen molar-refractivity contribution in [1.29, 1.82) is 0 Å². The second-order valence-electron chi connectivity index (χ2n) is 3.27. The van der Waals surface area contributed by atoms with E-state index in [9.17, 15) is 0 Å². The highest BCUT2D eigenvalue weighted by Gasteiger charge is 1.96. The van der Waals surface area contributed by atoms with E-state index in [0.29, 0.717) is 0 Å². The molecule has 0 unspecified atom stereocenters. The Kier molecular flexibility index (Phi) is 2.96. The molecular formula is C10H13N3S. The van der Waals surface area contributed by atoms with Gasteiger partial charge in [0, 0.05) is 37.9 Å². The Morgan fingerprint density at radius 1 is 1.50 bits per heavy atom. The van der Waals surface area contributed by atoms with Gasteiger partial charge in [0.15, 0.2) is 0 Å². The first-order chi connectivity index (χ1) is 6.84. The molecule has 0 radical (unpaired) electrons. The SMILES string of the molecule is Cn1ccc(CNCc2cscn2)c1. The Balaban J connectivity index is 1.78. The summed E-state index contributed by atoms with van der Waals surface area (Å²) in [6.07, 6.45) is 4.17. The van der Waals surface area contributed by atoms with Crippen LogP contribution in [0.2, 0.25) is 0 Å². The number of aromatic nitrogens is 2. The molecule has 0 atom stereocenters. The topological polar surface area (TPSA) is 29.9 Å². The molecule has 74 valence electrons. The van der Waals surface area contributed by atoms with Crippen molar-refractivity contribution in [3.63, 3.8) is 0 Å². The van der Waals surface area contributed by atoms with E-state index in [2.05, 4.69) is 38.7 Å². The van der Waals surface area contributed by atoms with Crippen LogP contribution in [0.15, 0.2) is 29.4 Å². The van der Waals surface area contributed by atoms with E-state index in [1.807, 2.05) is 12.6 Å². The molecule has 2 aromatic heterocycles. The van der Waals surface area contributed by atoms with Crippen LogP contribution in [0.3, 0.4) is 0 Å². The monoisotopic (exact) mass is 207 g/mol. The maximum absolute atomic E-state index is 4.20. The third kappa shape index (κ3) is 2.43. The predicted molar refractivity (Wildman–Crippen MR) is 58.1 cm³/mol. The van der Waals surface area contributed by atoms with Gasteiger partial charge in [-0.25, -0.2) is 4.98 Å². The molecule has 2 rings (SSSR count). The highest BCUT2D eigenvalue weighted by molar-refractivity contribution is 7.07. The minimum atomic E-state index is 0.846. The fourth-order valence-corrected chi connectivity index (χ4v) is 1.88. The number of nitrogens with one attached hydrogen (secondary N) is 1. The molecule has 2 heterocycles. The Hall–Kier alpha value is -1.13. The van der Waals surface area contributed by atoms with E-state index in [1.165, 1.54) is 5.56 Å². The van der Waals surface area contributed by atoms with Gasteiger partial charge in [0.05, 0.1) is 11.2 Å². The number of aryl methyl sites for hydroxylation is 1. The van der Waals surface area contributed by atoms with Gasteiger partial charge in [-0.05, 0) is 11.6 Å². The Morgan fingerprint density at radius 2 is 2.43 bits per heavy atom. The largest absolute Gasteiger partial charge is 0.357 e. The number of hydrogen-bond donors (Lipinski definition) is 1. The molecule has 0 aromatic carbocycles. The zero-order valence-corrected chi connectivity index (χ0v) is 8.92. The first-order valence-electron chi connectivity index (χ1n) is 4.53. The molecule has 0 fully saturated rings. The average molecular weight is 207 g/mol. The Bertz CT molecular complexity index is 378. The summed E-state index contributed by atoms with van der Waals surface area (Å²) in [5, 5.41) is 5.42. The van der Waals surface area contributed by atoms with Gasteiger partial charge >= 0.3 is 0 Å².